The van der Waals surface area contributed by atoms with Crippen LogP contribution in [0.2, 0.25) is 0 Å². The van der Waals surface area contributed by atoms with Crippen molar-refractivity contribution in [2.75, 3.05) is 42.3 Å². The summed E-state index contributed by atoms with van der Waals surface area (Å²) in [5, 5.41) is 2.99. The van der Waals surface area contributed by atoms with E-state index in [4.69, 9.17) is 15.2 Å². The molecule has 0 bridgehead atoms. The van der Waals surface area contributed by atoms with E-state index in [1.807, 2.05) is 13.8 Å². The maximum Gasteiger partial charge on any atom is 0.249 e. The minimum absolute atomic E-state index is 0.222. The van der Waals surface area contributed by atoms with E-state index in [2.05, 4.69) is 30.2 Å². The summed E-state index contributed by atoms with van der Waals surface area (Å²) in [5.41, 5.74) is 5.94. The zero-order valence-electron chi connectivity index (χ0n) is 18.6. The number of aromatic nitrogens is 4. The van der Waals surface area contributed by atoms with Crippen molar-refractivity contribution < 1.29 is 14.3 Å². The predicted octanol–water partition coefficient (Wildman–Crippen LogP) is 3.30. The Bertz CT molecular complexity index is 937. The number of hydrogen-bond donors (Lipinski definition) is 2. The van der Waals surface area contributed by atoms with Crippen molar-refractivity contribution in [1.29, 1.82) is 0 Å². The van der Waals surface area contributed by atoms with E-state index in [9.17, 15) is 4.79 Å². The Kier molecular flexibility index (Phi) is 8.48. The first-order chi connectivity index (χ1) is 15.5. The molecule has 1 fully saturated rings. The summed E-state index contributed by atoms with van der Waals surface area (Å²) in [6, 6.07) is 1.49. The molecule has 2 aromatic rings. The Balaban J connectivity index is 1.96. The Labute approximate surface area is 192 Å². The highest BCUT2D eigenvalue weighted by molar-refractivity contribution is 7.99. The first-order valence-corrected chi connectivity index (χ1v) is 11.5. The third-order valence-corrected chi connectivity index (χ3v) is 5.40. The number of allylic oxidation sites excluding steroid dienone is 1. The topological polar surface area (TPSA) is 128 Å². The van der Waals surface area contributed by atoms with Crippen LogP contribution in [0.5, 0.6) is 11.8 Å². The first kappa shape index (κ1) is 23.6. The lowest BCUT2D eigenvalue weighted by atomic mass is 10.1. The maximum absolute atomic E-state index is 11.9. The van der Waals surface area contributed by atoms with Gasteiger partial charge in [-0.1, -0.05) is 6.08 Å². The highest BCUT2D eigenvalue weighted by atomic mass is 32.2. The average Bonchev–Trinajstić information content (AvgIpc) is 2.76. The molecule has 32 heavy (non-hydrogen) atoms. The molecule has 172 valence electrons. The average molecular weight is 460 g/mol. The molecular weight excluding hydrogens is 430 g/mol. The van der Waals surface area contributed by atoms with E-state index in [1.54, 1.807) is 13.0 Å². The highest BCUT2D eigenvalue weighted by Gasteiger charge is 2.23. The van der Waals surface area contributed by atoms with Gasteiger partial charge < -0.3 is 25.4 Å². The van der Waals surface area contributed by atoms with Crippen molar-refractivity contribution in [3.8, 4) is 11.8 Å². The SMILES string of the molecule is CC=CC(=O)Nc1cc(N)nc(Sc2c(OCC)nc(N3CCCCC3)nc2OCC)n1. The van der Waals surface area contributed by atoms with Gasteiger partial charge in [-0.3, -0.25) is 4.79 Å². The van der Waals surface area contributed by atoms with Crippen LogP contribution in [0.1, 0.15) is 40.0 Å². The smallest absolute Gasteiger partial charge is 0.249 e. The van der Waals surface area contributed by atoms with Crippen LogP contribution in [0.3, 0.4) is 0 Å². The van der Waals surface area contributed by atoms with Crippen LogP contribution in [-0.2, 0) is 4.79 Å². The molecule has 1 saturated heterocycles. The van der Waals surface area contributed by atoms with Gasteiger partial charge in [0.1, 0.15) is 16.5 Å². The van der Waals surface area contributed by atoms with Crippen LogP contribution < -0.4 is 25.4 Å². The molecule has 11 heteroatoms. The third-order valence-electron chi connectivity index (χ3n) is 4.48. The molecule has 0 saturated carbocycles. The number of anilines is 3. The van der Waals surface area contributed by atoms with Gasteiger partial charge in [-0.25, -0.2) is 9.97 Å². The van der Waals surface area contributed by atoms with Crippen LogP contribution in [0, 0.1) is 0 Å². The number of nitrogen functional groups attached to an aromatic ring is 1. The van der Waals surface area contributed by atoms with Gasteiger partial charge in [-0.2, -0.15) is 9.97 Å². The third kappa shape index (κ3) is 6.22. The Morgan fingerprint density at radius 2 is 1.78 bits per heavy atom. The lowest BCUT2D eigenvalue weighted by Crippen LogP contribution is -2.31. The molecule has 0 atom stereocenters. The summed E-state index contributed by atoms with van der Waals surface area (Å²) in [6.07, 6.45) is 6.46. The van der Waals surface area contributed by atoms with Gasteiger partial charge in [-0.05, 0) is 57.9 Å². The number of ether oxygens (including phenoxy) is 2. The van der Waals surface area contributed by atoms with Crippen LogP contribution in [0.4, 0.5) is 17.6 Å². The van der Waals surface area contributed by atoms with Gasteiger partial charge in [0.2, 0.25) is 23.6 Å². The summed E-state index contributed by atoms with van der Waals surface area (Å²) >= 11 is 1.18. The normalized spacial score (nSPS) is 13.9. The van der Waals surface area contributed by atoms with Crippen molar-refractivity contribution in [2.24, 2.45) is 0 Å². The minimum Gasteiger partial charge on any atom is -0.477 e. The number of carbonyl (C=O) groups is 1. The van der Waals surface area contributed by atoms with Gasteiger partial charge in [0.05, 0.1) is 13.2 Å². The van der Waals surface area contributed by atoms with E-state index in [0.717, 1.165) is 25.9 Å². The fraction of sp³-hybridized carbons (Fsp3) is 0.476. The fourth-order valence-corrected chi connectivity index (χ4v) is 4.02. The number of rotatable bonds is 9. The lowest BCUT2D eigenvalue weighted by molar-refractivity contribution is -0.111. The van der Waals surface area contributed by atoms with Crippen molar-refractivity contribution in [3.05, 3.63) is 18.2 Å². The Hall–Kier alpha value is -3.08. The first-order valence-electron chi connectivity index (χ1n) is 10.7. The highest BCUT2D eigenvalue weighted by Crippen LogP contribution is 2.40. The number of carbonyl (C=O) groups excluding carboxylic acids is 1. The minimum atomic E-state index is -0.305. The number of hydrogen-bond acceptors (Lipinski definition) is 10. The van der Waals surface area contributed by atoms with Crippen molar-refractivity contribution >= 4 is 35.3 Å². The van der Waals surface area contributed by atoms with Crippen molar-refractivity contribution in [2.45, 2.75) is 50.1 Å². The quantitative estimate of drug-likeness (QED) is 0.426. The second kappa shape index (κ2) is 11.5. The maximum atomic E-state index is 11.9. The summed E-state index contributed by atoms with van der Waals surface area (Å²) in [5.74, 6) is 1.61. The Morgan fingerprint density at radius 1 is 1.12 bits per heavy atom. The molecule has 3 N–H and O–H groups in total. The van der Waals surface area contributed by atoms with Crippen molar-refractivity contribution in [3.63, 3.8) is 0 Å². The molecule has 3 rings (SSSR count). The van der Waals surface area contributed by atoms with Gasteiger partial charge in [0.25, 0.3) is 0 Å². The second-order valence-corrected chi connectivity index (χ2v) is 7.91. The van der Waals surface area contributed by atoms with Gasteiger partial charge in [0, 0.05) is 19.2 Å². The molecule has 10 nitrogen and oxygen atoms in total. The number of nitrogens with two attached hydrogens (primary N) is 1. The molecule has 1 aliphatic heterocycles. The molecule has 0 spiro atoms. The molecular formula is C21H29N7O3S. The molecule has 0 unspecified atom stereocenters. The van der Waals surface area contributed by atoms with Gasteiger partial charge in [-0.15, -0.1) is 0 Å². The van der Waals surface area contributed by atoms with Crippen LogP contribution in [0.25, 0.3) is 0 Å². The molecule has 0 aliphatic carbocycles. The van der Waals surface area contributed by atoms with E-state index in [0.29, 0.717) is 46.8 Å². The number of nitrogens with zero attached hydrogens (tertiary/aromatic N) is 5. The summed E-state index contributed by atoms with van der Waals surface area (Å²) in [4.78, 5) is 32.6. The van der Waals surface area contributed by atoms with Crippen molar-refractivity contribution in [1.82, 2.24) is 19.9 Å². The molecule has 0 radical (unpaired) electrons. The summed E-state index contributed by atoms with van der Waals surface area (Å²) in [6.45, 7) is 8.20. The van der Waals surface area contributed by atoms with Crippen LogP contribution in [0.15, 0.2) is 28.3 Å². The van der Waals surface area contributed by atoms with Gasteiger partial charge in [0.15, 0.2) is 5.16 Å². The second-order valence-electron chi connectivity index (χ2n) is 6.93. The van der Waals surface area contributed by atoms with E-state index >= 15 is 0 Å². The van der Waals surface area contributed by atoms with Gasteiger partial charge >= 0.3 is 0 Å². The molecule has 2 aromatic heterocycles. The molecule has 3 heterocycles. The number of nitrogens with one attached hydrogen (secondary N) is 1. The fourth-order valence-electron chi connectivity index (χ4n) is 3.15. The molecule has 0 aromatic carbocycles. The van der Waals surface area contributed by atoms with E-state index in [-0.39, 0.29) is 11.7 Å². The zero-order chi connectivity index (χ0) is 22.9. The predicted molar refractivity (Wildman–Crippen MR) is 124 cm³/mol. The van der Waals surface area contributed by atoms with E-state index in [1.165, 1.54) is 30.3 Å². The molecule has 1 aliphatic rings. The number of amides is 1. The number of piperidine rings is 1. The molecule has 1 amide bonds. The summed E-state index contributed by atoms with van der Waals surface area (Å²) < 4.78 is 11.7. The standard InChI is InChI=1S/C21H29N7O3S/c1-4-10-16(29)24-15-13-14(22)23-21(25-15)32-17-18(30-5-2)26-20(27-19(17)31-6-3)28-11-8-7-9-12-28/h4,10,13H,5-9,11-12H2,1-3H3,(H3,22,23,24,25,29). The largest absolute Gasteiger partial charge is 0.477 e. The van der Waals surface area contributed by atoms with Crippen LogP contribution >= 0.6 is 11.8 Å². The van der Waals surface area contributed by atoms with Crippen LogP contribution in [-0.4, -0.2) is 52.1 Å². The monoisotopic (exact) mass is 459 g/mol. The Morgan fingerprint density at radius 3 is 2.38 bits per heavy atom. The van der Waals surface area contributed by atoms with E-state index < -0.39 is 0 Å². The summed E-state index contributed by atoms with van der Waals surface area (Å²) in [7, 11) is 0. The lowest BCUT2D eigenvalue weighted by Gasteiger charge is -2.27. The zero-order valence-corrected chi connectivity index (χ0v) is 19.4.